The maximum Gasteiger partial charge on any atom is 0.177 e. The van der Waals surface area contributed by atoms with Crippen molar-refractivity contribution in [2.45, 2.75) is 19.9 Å². The Morgan fingerprint density at radius 1 is 1.32 bits per heavy atom. The second-order valence-corrected chi connectivity index (χ2v) is 5.91. The summed E-state index contributed by atoms with van der Waals surface area (Å²) in [6.07, 6.45) is 0. The minimum absolute atomic E-state index is 0.469. The molecule has 5 nitrogen and oxygen atoms in total. The number of rotatable bonds is 3. The van der Waals surface area contributed by atoms with Gasteiger partial charge in [0.25, 0.3) is 0 Å². The Morgan fingerprint density at radius 3 is 2.42 bits per heavy atom. The van der Waals surface area contributed by atoms with Crippen molar-refractivity contribution in [1.82, 2.24) is 4.90 Å². The zero-order valence-corrected chi connectivity index (χ0v) is 12.5. The molecule has 0 amide bonds. The van der Waals surface area contributed by atoms with Crippen molar-refractivity contribution in [1.29, 1.82) is 5.26 Å². The predicted molar refractivity (Wildman–Crippen MR) is 78.9 cm³/mol. The second kappa shape index (κ2) is 5.68. The zero-order valence-electron chi connectivity index (χ0n) is 11.6. The molecule has 1 aromatic rings. The topological polar surface area (TPSA) is 65.5 Å². The van der Waals surface area contributed by atoms with E-state index in [1.807, 2.05) is 0 Å². The van der Waals surface area contributed by atoms with Gasteiger partial charge in [-0.25, -0.2) is 0 Å². The number of hydrogen-bond donors (Lipinski definition) is 1. The van der Waals surface area contributed by atoms with Crippen LogP contribution in [0, 0.1) is 11.3 Å². The van der Waals surface area contributed by atoms with Crippen LogP contribution in [0.25, 0.3) is 0 Å². The Morgan fingerprint density at radius 2 is 1.95 bits per heavy atom. The first-order valence-corrected chi connectivity index (χ1v) is 7.25. The molecule has 0 saturated carbocycles. The van der Waals surface area contributed by atoms with Gasteiger partial charge in [-0.2, -0.15) is 5.26 Å². The smallest absolute Gasteiger partial charge is 0.177 e. The van der Waals surface area contributed by atoms with Gasteiger partial charge in [0, 0.05) is 32.2 Å². The summed E-state index contributed by atoms with van der Waals surface area (Å²) in [6, 6.07) is 2.71. The highest BCUT2D eigenvalue weighted by molar-refractivity contribution is 7.17. The SMILES string of the molecule is COc1c(N2CCN(C(C)C)CC2)sc(C#N)c1N. The lowest BCUT2D eigenvalue weighted by Crippen LogP contribution is -2.48. The Labute approximate surface area is 118 Å². The van der Waals surface area contributed by atoms with Crippen LogP contribution in [0.2, 0.25) is 0 Å². The lowest BCUT2D eigenvalue weighted by atomic mass is 10.2. The monoisotopic (exact) mass is 280 g/mol. The third-order valence-corrected chi connectivity index (χ3v) is 4.67. The molecule has 1 saturated heterocycles. The molecule has 0 aliphatic carbocycles. The van der Waals surface area contributed by atoms with Crippen LogP contribution in [-0.2, 0) is 0 Å². The highest BCUT2D eigenvalue weighted by Gasteiger charge is 2.25. The Kier molecular flexibility index (Phi) is 4.17. The van der Waals surface area contributed by atoms with Crippen LogP contribution in [-0.4, -0.2) is 44.2 Å². The van der Waals surface area contributed by atoms with Crippen molar-refractivity contribution in [3.8, 4) is 11.8 Å². The molecular formula is C13H20N4OS. The maximum atomic E-state index is 9.06. The van der Waals surface area contributed by atoms with Crippen LogP contribution in [0.5, 0.6) is 5.75 Å². The summed E-state index contributed by atoms with van der Waals surface area (Å²) in [6.45, 7) is 8.38. The third kappa shape index (κ3) is 2.62. The number of thiophene rings is 1. The molecule has 0 spiro atoms. The van der Waals surface area contributed by atoms with Gasteiger partial charge in [0.2, 0.25) is 0 Å². The summed E-state index contributed by atoms with van der Waals surface area (Å²) in [5, 5.41) is 10.0. The summed E-state index contributed by atoms with van der Waals surface area (Å²) in [7, 11) is 1.60. The molecule has 0 unspecified atom stereocenters. The molecule has 0 atom stereocenters. The van der Waals surface area contributed by atoms with Crippen LogP contribution in [0.3, 0.4) is 0 Å². The fourth-order valence-corrected chi connectivity index (χ4v) is 3.39. The average molecular weight is 280 g/mol. The molecule has 104 valence electrons. The molecule has 1 aromatic heterocycles. The van der Waals surface area contributed by atoms with Crippen molar-refractivity contribution in [3.63, 3.8) is 0 Å². The van der Waals surface area contributed by atoms with Crippen LogP contribution in [0.1, 0.15) is 18.7 Å². The Hall–Kier alpha value is -1.45. The molecule has 1 fully saturated rings. The molecule has 2 rings (SSSR count). The van der Waals surface area contributed by atoms with E-state index in [1.54, 1.807) is 7.11 Å². The number of anilines is 2. The normalized spacial score (nSPS) is 16.7. The van der Waals surface area contributed by atoms with Gasteiger partial charge < -0.3 is 15.4 Å². The lowest BCUT2D eigenvalue weighted by molar-refractivity contribution is 0.209. The second-order valence-electron chi connectivity index (χ2n) is 4.91. The highest BCUT2D eigenvalue weighted by atomic mass is 32.1. The van der Waals surface area contributed by atoms with E-state index in [2.05, 4.69) is 29.7 Å². The largest absolute Gasteiger partial charge is 0.492 e. The number of nitrogen functional groups attached to an aromatic ring is 1. The highest BCUT2D eigenvalue weighted by Crippen LogP contribution is 2.44. The predicted octanol–water partition coefficient (Wildman–Crippen LogP) is 1.74. The van der Waals surface area contributed by atoms with Crippen LogP contribution in [0.15, 0.2) is 0 Å². The van der Waals surface area contributed by atoms with Gasteiger partial charge in [-0.1, -0.05) is 0 Å². The molecule has 1 aliphatic heterocycles. The number of piperazine rings is 1. The third-order valence-electron chi connectivity index (χ3n) is 3.52. The fourth-order valence-electron chi connectivity index (χ4n) is 2.35. The van der Waals surface area contributed by atoms with Crippen molar-refractivity contribution < 1.29 is 4.74 Å². The summed E-state index contributed by atoms with van der Waals surface area (Å²) in [5.41, 5.74) is 6.40. The van der Waals surface area contributed by atoms with Gasteiger partial charge in [0.15, 0.2) is 5.75 Å². The van der Waals surface area contributed by atoms with Gasteiger partial charge >= 0.3 is 0 Å². The summed E-state index contributed by atoms with van der Waals surface area (Å²) >= 11 is 1.42. The first-order chi connectivity index (χ1) is 9.08. The molecule has 0 aromatic carbocycles. The van der Waals surface area contributed by atoms with Crippen LogP contribution in [0.4, 0.5) is 10.7 Å². The van der Waals surface area contributed by atoms with E-state index < -0.39 is 0 Å². The van der Waals surface area contributed by atoms with E-state index in [0.717, 1.165) is 31.2 Å². The van der Waals surface area contributed by atoms with Crippen molar-refractivity contribution >= 4 is 22.0 Å². The minimum atomic E-state index is 0.469. The van der Waals surface area contributed by atoms with Crippen LogP contribution < -0.4 is 15.4 Å². The van der Waals surface area contributed by atoms with Crippen molar-refractivity contribution in [3.05, 3.63) is 4.88 Å². The van der Waals surface area contributed by atoms with Crippen LogP contribution >= 0.6 is 11.3 Å². The molecule has 0 bridgehead atoms. The first kappa shape index (κ1) is 14.0. The number of nitrogens with zero attached hydrogens (tertiary/aromatic N) is 3. The van der Waals surface area contributed by atoms with Gasteiger partial charge in [0.1, 0.15) is 21.6 Å². The lowest BCUT2D eigenvalue weighted by Gasteiger charge is -2.37. The van der Waals surface area contributed by atoms with E-state index in [4.69, 9.17) is 15.7 Å². The number of methoxy groups -OCH3 is 1. The van der Waals surface area contributed by atoms with E-state index in [1.165, 1.54) is 11.3 Å². The summed E-state index contributed by atoms with van der Waals surface area (Å²) in [5.74, 6) is 0.652. The summed E-state index contributed by atoms with van der Waals surface area (Å²) in [4.78, 5) is 5.25. The van der Waals surface area contributed by atoms with Crippen molar-refractivity contribution in [2.75, 3.05) is 43.9 Å². The number of nitrogens with two attached hydrogens (primary N) is 1. The molecule has 1 aliphatic rings. The van der Waals surface area contributed by atoms with E-state index in [-0.39, 0.29) is 0 Å². The van der Waals surface area contributed by atoms with E-state index in [9.17, 15) is 0 Å². The molecule has 6 heteroatoms. The minimum Gasteiger partial charge on any atom is -0.492 e. The Balaban J connectivity index is 2.18. The Bertz CT molecular complexity index is 484. The molecule has 19 heavy (non-hydrogen) atoms. The molecule has 0 radical (unpaired) electrons. The number of hydrogen-bond acceptors (Lipinski definition) is 6. The van der Waals surface area contributed by atoms with E-state index in [0.29, 0.717) is 22.4 Å². The van der Waals surface area contributed by atoms with Gasteiger partial charge in [-0.15, -0.1) is 11.3 Å². The van der Waals surface area contributed by atoms with Gasteiger partial charge in [-0.3, -0.25) is 4.90 Å². The fraction of sp³-hybridized carbons (Fsp3) is 0.615. The molecule has 2 heterocycles. The number of nitriles is 1. The van der Waals surface area contributed by atoms with E-state index >= 15 is 0 Å². The zero-order chi connectivity index (χ0) is 14.0. The quantitative estimate of drug-likeness (QED) is 0.913. The first-order valence-electron chi connectivity index (χ1n) is 6.43. The molecule has 2 N–H and O–H groups in total. The average Bonchev–Trinajstić information content (AvgIpc) is 2.75. The maximum absolute atomic E-state index is 9.06. The van der Waals surface area contributed by atoms with Crippen molar-refractivity contribution in [2.24, 2.45) is 0 Å². The standard InChI is InChI=1S/C13H20N4OS/c1-9(2)16-4-6-17(7-5-16)13-12(18-3)11(15)10(8-14)19-13/h9H,4-7,15H2,1-3H3. The number of ether oxygens (including phenoxy) is 1. The summed E-state index contributed by atoms with van der Waals surface area (Å²) < 4.78 is 5.37. The van der Waals surface area contributed by atoms with Gasteiger partial charge in [-0.05, 0) is 13.8 Å². The van der Waals surface area contributed by atoms with Gasteiger partial charge in [0.05, 0.1) is 7.11 Å². The molecular weight excluding hydrogens is 260 g/mol.